The van der Waals surface area contributed by atoms with E-state index in [1.165, 1.54) is 9.87 Å². The first kappa shape index (κ1) is 24.0. The number of piperazine rings is 1. The average molecular weight is 495 g/mol. The van der Waals surface area contributed by atoms with E-state index in [1.54, 1.807) is 12.1 Å². The third-order valence-corrected chi connectivity index (χ3v) is 9.25. The second-order valence-corrected chi connectivity index (χ2v) is 11.5. The zero-order valence-electron chi connectivity index (χ0n) is 20.3. The number of sulfonamides is 1. The van der Waals surface area contributed by atoms with Gasteiger partial charge in [-0.3, -0.25) is 9.69 Å². The van der Waals surface area contributed by atoms with Crippen molar-refractivity contribution in [2.24, 2.45) is 5.92 Å². The molecule has 3 aromatic rings. The molecule has 0 saturated carbocycles. The van der Waals surface area contributed by atoms with Crippen molar-refractivity contribution in [2.75, 3.05) is 39.3 Å². The Hall–Kier alpha value is -2.68. The zero-order chi connectivity index (χ0) is 24.4. The van der Waals surface area contributed by atoms with Gasteiger partial charge in [0.2, 0.25) is 15.9 Å². The SMILES string of the molecule is CCn1ccc2cc(S(=O)(=O)N3CCC[C@@H](C(=O)N4CCN(Cc5ccccc5)CC4)C3)ccc21. The Balaban J connectivity index is 1.22. The normalized spacial score (nSPS) is 20.4. The predicted molar refractivity (Wildman–Crippen MR) is 137 cm³/mol. The highest BCUT2D eigenvalue weighted by Gasteiger charge is 2.36. The Morgan fingerprint density at radius 2 is 1.74 bits per heavy atom. The van der Waals surface area contributed by atoms with Gasteiger partial charge in [0.15, 0.2) is 0 Å². The van der Waals surface area contributed by atoms with Crippen molar-refractivity contribution in [3.63, 3.8) is 0 Å². The van der Waals surface area contributed by atoms with Crippen molar-refractivity contribution in [2.45, 2.75) is 37.8 Å². The molecule has 0 N–H and O–H groups in total. The van der Waals surface area contributed by atoms with Crippen LogP contribution >= 0.6 is 0 Å². The van der Waals surface area contributed by atoms with Crippen LogP contribution < -0.4 is 0 Å². The lowest BCUT2D eigenvalue weighted by molar-refractivity contribution is -0.138. The first-order chi connectivity index (χ1) is 17.0. The van der Waals surface area contributed by atoms with E-state index in [0.717, 1.165) is 43.5 Å². The molecular formula is C27H34N4O3S. The summed E-state index contributed by atoms with van der Waals surface area (Å²) in [6.45, 7) is 7.60. The predicted octanol–water partition coefficient (Wildman–Crippen LogP) is 3.41. The van der Waals surface area contributed by atoms with Gasteiger partial charge in [-0.1, -0.05) is 30.3 Å². The zero-order valence-corrected chi connectivity index (χ0v) is 21.2. The Labute approximate surface area is 208 Å². The lowest BCUT2D eigenvalue weighted by Crippen LogP contribution is -2.52. The maximum absolute atomic E-state index is 13.5. The van der Waals surface area contributed by atoms with Crippen LogP contribution in [-0.2, 0) is 27.9 Å². The van der Waals surface area contributed by atoms with E-state index in [2.05, 4.69) is 40.7 Å². The third kappa shape index (κ3) is 5.01. The van der Waals surface area contributed by atoms with Crippen molar-refractivity contribution < 1.29 is 13.2 Å². The molecule has 2 aliphatic rings. The standard InChI is InChI=1S/C27H34N4O3S/c1-2-29-14-12-23-19-25(10-11-26(23)29)35(33,34)31-13-6-9-24(21-31)27(32)30-17-15-28(16-18-30)20-22-7-4-3-5-8-22/h3-5,7-8,10-12,14,19,24H,2,6,9,13,15-18,20-21H2,1H3/t24-/m1/s1. The van der Waals surface area contributed by atoms with Crippen molar-refractivity contribution in [3.05, 3.63) is 66.4 Å². The number of hydrogen-bond donors (Lipinski definition) is 0. The molecule has 1 amide bonds. The fraction of sp³-hybridized carbons (Fsp3) is 0.444. The van der Waals surface area contributed by atoms with E-state index in [-0.39, 0.29) is 18.4 Å². The maximum Gasteiger partial charge on any atom is 0.243 e. The van der Waals surface area contributed by atoms with E-state index in [1.807, 2.05) is 29.3 Å². The lowest BCUT2D eigenvalue weighted by atomic mass is 9.97. The number of amides is 1. The quantitative estimate of drug-likeness (QED) is 0.527. The molecule has 5 rings (SSSR count). The number of benzene rings is 2. The largest absolute Gasteiger partial charge is 0.348 e. The first-order valence-corrected chi connectivity index (χ1v) is 14.0. The van der Waals surface area contributed by atoms with Crippen LogP contribution in [0.5, 0.6) is 0 Å². The van der Waals surface area contributed by atoms with Gasteiger partial charge < -0.3 is 9.47 Å². The molecule has 0 radical (unpaired) electrons. The summed E-state index contributed by atoms with van der Waals surface area (Å²) in [5, 5.41) is 0.922. The molecule has 8 heteroatoms. The van der Waals surface area contributed by atoms with Gasteiger partial charge in [0, 0.05) is 69.5 Å². The molecule has 186 valence electrons. The number of nitrogens with zero attached hydrogens (tertiary/aromatic N) is 4. The number of piperidine rings is 1. The number of aromatic nitrogens is 1. The van der Waals surface area contributed by atoms with Crippen LogP contribution in [0.1, 0.15) is 25.3 Å². The summed E-state index contributed by atoms with van der Waals surface area (Å²) in [6.07, 6.45) is 3.43. The van der Waals surface area contributed by atoms with E-state index in [9.17, 15) is 13.2 Å². The molecule has 2 saturated heterocycles. The summed E-state index contributed by atoms with van der Waals surface area (Å²) in [5.41, 5.74) is 2.31. The molecule has 35 heavy (non-hydrogen) atoms. The number of carbonyl (C=O) groups excluding carboxylic acids is 1. The Morgan fingerprint density at radius 3 is 2.49 bits per heavy atom. The Morgan fingerprint density at radius 1 is 0.971 bits per heavy atom. The molecule has 0 aliphatic carbocycles. The Kier molecular flexibility index (Phi) is 6.95. The molecule has 0 unspecified atom stereocenters. The number of rotatable bonds is 6. The molecule has 0 bridgehead atoms. The van der Waals surface area contributed by atoms with E-state index in [0.29, 0.717) is 31.0 Å². The Bertz CT molecular complexity index is 1280. The minimum absolute atomic E-state index is 0.0970. The summed E-state index contributed by atoms with van der Waals surface area (Å²) in [7, 11) is -3.65. The minimum Gasteiger partial charge on any atom is -0.348 e. The summed E-state index contributed by atoms with van der Waals surface area (Å²) in [5.74, 6) is -0.177. The average Bonchev–Trinajstić information content (AvgIpc) is 3.32. The second kappa shape index (κ2) is 10.1. The molecule has 2 fully saturated rings. The van der Waals surface area contributed by atoms with Gasteiger partial charge in [0.1, 0.15) is 0 Å². The van der Waals surface area contributed by atoms with Gasteiger partial charge in [0.25, 0.3) is 0 Å². The van der Waals surface area contributed by atoms with Gasteiger partial charge >= 0.3 is 0 Å². The fourth-order valence-corrected chi connectivity index (χ4v) is 6.91. The van der Waals surface area contributed by atoms with Crippen molar-refractivity contribution in [1.82, 2.24) is 18.7 Å². The number of hydrogen-bond acceptors (Lipinski definition) is 4. The van der Waals surface area contributed by atoms with E-state index >= 15 is 0 Å². The smallest absolute Gasteiger partial charge is 0.243 e. The summed E-state index contributed by atoms with van der Waals surface area (Å²) < 4.78 is 30.5. The molecule has 3 heterocycles. The number of fused-ring (bicyclic) bond motifs is 1. The third-order valence-electron chi connectivity index (χ3n) is 7.39. The molecule has 1 atom stereocenters. The van der Waals surface area contributed by atoms with Crippen LogP contribution in [-0.4, -0.2) is 72.3 Å². The number of aryl methyl sites for hydroxylation is 1. The van der Waals surface area contributed by atoms with Crippen molar-refractivity contribution in [3.8, 4) is 0 Å². The molecule has 2 aliphatic heterocycles. The molecular weight excluding hydrogens is 460 g/mol. The maximum atomic E-state index is 13.5. The molecule has 7 nitrogen and oxygen atoms in total. The minimum atomic E-state index is -3.65. The van der Waals surface area contributed by atoms with Gasteiger partial charge in [-0.2, -0.15) is 4.31 Å². The van der Waals surface area contributed by atoms with E-state index in [4.69, 9.17) is 0 Å². The highest BCUT2D eigenvalue weighted by Crippen LogP contribution is 2.28. The van der Waals surface area contributed by atoms with Gasteiger partial charge in [-0.25, -0.2) is 8.42 Å². The summed E-state index contributed by atoms with van der Waals surface area (Å²) in [4.78, 5) is 17.9. The van der Waals surface area contributed by atoms with Crippen LogP contribution in [0, 0.1) is 5.92 Å². The van der Waals surface area contributed by atoms with Crippen molar-refractivity contribution in [1.29, 1.82) is 0 Å². The molecule has 0 spiro atoms. The second-order valence-electron chi connectivity index (χ2n) is 9.61. The number of carbonyl (C=O) groups is 1. The van der Waals surface area contributed by atoms with Crippen LogP contribution in [0.25, 0.3) is 10.9 Å². The van der Waals surface area contributed by atoms with Crippen LogP contribution in [0.3, 0.4) is 0 Å². The highest BCUT2D eigenvalue weighted by molar-refractivity contribution is 7.89. The fourth-order valence-electron chi connectivity index (χ4n) is 5.35. The van der Waals surface area contributed by atoms with Gasteiger partial charge in [-0.15, -0.1) is 0 Å². The van der Waals surface area contributed by atoms with Crippen LogP contribution in [0.4, 0.5) is 0 Å². The first-order valence-electron chi connectivity index (χ1n) is 12.6. The van der Waals surface area contributed by atoms with Gasteiger partial charge in [0.05, 0.1) is 10.8 Å². The molecule has 2 aromatic carbocycles. The van der Waals surface area contributed by atoms with Crippen LogP contribution in [0.2, 0.25) is 0 Å². The van der Waals surface area contributed by atoms with E-state index < -0.39 is 10.0 Å². The summed E-state index contributed by atoms with van der Waals surface area (Å²) >= 11 is 0. The van der Waals surface area contributed by atoms with Gasteiger partial charge in [-0.05, 0) is 49.6 Å². The summed E-state index contributed by atoms with van der Waals surface area (Å²) in [6, 6.07) is 17.7. The monoisotopic (exact) mass is 494 g/mol. The van der Waals surface area contributed by atoms with Crippen LogP contribution in [0.15, 0.2) is 65.7 Å². The lowest BCUT2D eigenvalue weighted by Gasteiger charge is -2.38. The highest BCUT2D eigenvalue weighted by atomic mass is 32.2. The topological polar surface area (TPSA) is 65.9 Å². The molecule has 1 aromatic heterocycles. The van der Waals surface area contributed by atoms with Crippen molar-refractivity contribution >= 4 is 26.8 Å².